The number of ether oxygens (including phenoxy) is 1. The maximum Gasteiger partial charge on any atom is 0.328 e. The molecule has 0 aliphatic carbocycles. The van der Waals surface area contributed by atoms with Crippen LogP contribution < -0.4 is 0 Å². The molecule has 2 atom stereocenters. The zero-order valence-electron chi connectivity index (χ0n) is 12.0. The summed E-state index contributed by atoms with van der Waals surface area (Å²) in [7, 11) is 0. The molecule has 1 aliphatic rings. The van der Waals surface area contributed by atoms with Gasteiger partial charge in [-0.2, -0.15) is 0 Å². The van der Waals surface area contributed by atoms with Crippen LogP contribution in [0.4, 0.5) is 0 Å². The first-order valence-corrected chi connectivity index (χ1v) is 6.90. The summed E-state index contributed by atoms with van der Waals surface area (Å²) >= 11 is 0. The molecule has 0 aromatic heterocycles. The molecule has 1 N–H and O–H groups in total. The van der Waals surface area contributed by atoms with E-state index >= 15 is 0 Å². The van der Waals surface area contributed by atoms with Gasteiger partial charge in [-0.05, 0) is 31.1 Å². The molecule has 0 unspecified atom stereocenters. The van der Waals surface area contributed by atoms with E-state index in [9.17, 15) is 4.79 Å². The fourth-order valence-electron chi connectivity index (χ4n) is 2.63. The molecule has 2 rings (SSSR count). The fraction of sp³-hybridized carbons (Fsp3) is 0.438. The van der Waals surface area contributed by atoms with Crippen LogP contribution in [0.1, 0.15) is 25.0 Å². The van der Waals surface area contributed by atoms with Crippen molar-refractivity contribution in [1.82, 2.24) is 4.90 Å². The summed E-state index contributed by atoms with van der Waals surface area (Å²) in [5.74, 6) is -0.925. The van der Waals surface area contributed by atoms with Gasteiger partial charge in [0, 0.05) is 25.7 Å². The van der Waals surface area contributed by atoms with Gasteiger partial charge in [-0.1, -0.05) is 24.3 Å². The van der Waals surface area contributed by atoms with Crippen LogP contribution in [-0.4, -0.2) is 41.3 Å². The highest BCUT2D eigenvalue weighted by Crippen LogP contribution is 2.15. The molecule has 20 heavy (non-hydrogen) atoms. The van der Waals surface area contributed by atoms with Crippen molar-refractivity contribution in [2.24, 2.45) is 0 Å². The number of carboxylic acids is 1. The summed E-state index contributed by atoms with van der Waals surface area (Å²) in [6, 6.07) is 7.98. The van der Waals surface area contributed by atoms with Gasteiger partial charge in [-0.25, -0.2) is 4.79 Å². The monoisotopic (exact) mass is 275 g/mol. The van der Waals surface area contributed by atoms with Crippen molar-refractivity contribution >= 4 is 12.0 Å². The highest BCUT2D eigenvalue weighted by molar-refractivity contribution is 5.85. The molecular formula is C16H21NO3. The number of carboxylic acid groups (broad SMARTS) is 1. The Hall–Kier alpha value is -1.65. The average molecular weight is 275 g/mol. The quantitative estimate of drug-likeness (QED) is 0.857. The molecule has 108 valence electrons. The Bertz CT molecular complexity index is 488. The molecule has 1 aromatic carbocycles. The molecule has 1 saturated heterocycles. The summed E-state index contributed by atoms with van der Waals surface area (Å²) in [6.07, 6.45) is 3.30. The van der Waals surface area contributed by atoms with Crippen molar-refractivity contribution in [1.29, 1.82) is 0 Å². The third kappa shape index (κ3) is 4.47. The number of hydrogen-bond donors (Lipinski definition) is 1. The summed E-state index contributed by atoms with van der Waals surface area (Å²) in [5.41, 5.74) is 2.11. The van der Waals surface area contributed by atoms with E-state index in [1.165, 1.54) is 5.56 Å². The van der Waals surface area contributed by atoms with Crippen LogP contribution in [0.2, 0.25) is 0 Å². The lowest BCUT2D eigenvalue weighted by Gasteiger charge is -2.35. The normalized spacial score (nSPS) is 24.1. The van der Waals surface area contributed by atoms with Crippen molar-refractivity contribution in [2.75, 3.05) is 13.1 Å². The van der Waals surface area contributed by atoms with Crippen molar-refractivity contribution in [3.63, 3.8) is 0 Å². The summed E-state index contributed by atoms with van der Waals surface area (Å²) in [6.45, 7) is 6.91. The van der Waals surface area contributed by atoms with E-state index in [4.69, 9.17) is 9.84 Å². The van der Waals surface area contributed by atoms with E-state index in [2.05, 4.69) is 24.8 Å². The topological polar surface area (TPSA) is 49.8 Å². The molecule has 1 aliphatic heterocycles. The Morgan fingerprint density at radius 3 is 2.75 bits per heavy atom. The van der Waals surface area contributed by atoms with Gasteiger partial charge in [0.1, 0.15) is 0 Å². The van der Waals surface area contributed by atoms with E-state index in [0.717, 1.165) is 31.3 Å². The minimum absolute atomic E-state index is 0.258. The maximum absolute atomic E-state index is 10.5. The molecule has 4 heteroatoms. The van der Waals surface area contributed by atoms with Crippen molar-refractivity contribution in [3.8, 4) is 0 Å². The van der Waals surface area contributed by atoms with Crippen molar-refractivity contribution < 1.29 is 14.6 Å². The van der Waals surface area contributed by atoms with Crippen LogP contribution in [0.3, 0.4) is 0 Å². The Labute approximate surface area is 119 Å². The SMILES string of the molecule is C[C@@H]1CN(Cc2cccc(/C=C/C(=O)O)c2)C[C@H](C)O1. The van der Waals surface area contributed by atoms with Gasteiger partial charge in [-0.15, -0.1) is 0 Å². The van der Waals surface area contributed by atoms with Gasteiger partial charge in [0.25, 0.3) is 0 Å². The van der Waals surface area contributed by atoms with Crippen LogP contribution in [0.25, 0.3) is 6.08 Å². The smallest absolute Gasteiger partial charge is 0.328 e. The van der Waals surface area contributed by atoms with Crippen LogP contribution in [0.5, 0.6) is 0 Å². The average Bonchev–Trinajstić information content (AvgIpc) is 2.35. The predicted octanol–water partition coefficient (Wildman–Crippen LogP) is 2.39. The summed E-state index contributed by atoms with van der Waals surface area (Å²) in [5, 5.41) is 8.65. The Morgan fingerprint density at radius 1 is 1.40 bits per heavy atom. The second-order valence-corrected chi connectivity index (χ2v) is 5.37. The van der Waals surface area contributed by atoms with Crippen molar-refractivity contribution in [3.05, 3.63) is 41.5 Å². The van der Waals surface area contributed by atoms with Crippen LogP contribution >= 0.6 is 0 Å². The third-order valence-electron chi connectivity index (χ3n) is 3.27. The van der Waals surface area contributed by atoms with E-state index in [-0.39, 0.29) is 12.2 Å². The van der Waals surface area contributed by atoms with Gasteiger partial charge in [0.05, 0.1) is 12.2 Å². The van der Waals surface area contributed by atoms with Crippen LogP contribution in [-0.2, 0) is 16.1 Å². The number of nitrogens with zero attached hydrogens (tertiary/aromatic N) is 1. The summed E-state index contributed by atoms with van der Waals surface area (Å²) < 4.78 is 5.72. The zero-order valence-corrected chi connectivity index (χ0v) is 12.0. The highest BCUT2D eigenvalue weighted by atomic mass is 16.5. The van der Waals surface area contributed by atoms with Crippen molar-refractivity contribution in [2.45, 2.75) is 32.6 Å². The number of rotatable bonds is 4. The fourth-order valence-corrected chi connectivity index (χ4v) is 2.63. The van der Waals surface area contributed by atoms with E-state index in [1.54, 1.807) is 6.08 Å². The van der Waals surface area contributed by atoms with E-state index < -0.39 is 5.97 Å². The first-order valence-electron chi connectivity index (χ1n) is 6.90. The molecule has 0 amide bonds. The zero-order chi connectivity index (χ0) is 14.5. The Balaban J connectivity index is 2.02. The first kappa shape index (κ1) is 14.8. The van der Waals surface area contributed by atoms with Gasteiger partial charge < -0.3 is 9.84 Å². The highest BCUT2D eigenvalue weighted by Gasteiger charge is 2.21. The molecule has 0 bridgehead atoms. The molecule has 0 saturated carbocycles. The Kier molecular flexibility index (Phi) is 4.93. The molecule has 1 heterocycles. The van der Waals surface area contributed by atoms with Gasteiger partial charge in [0.15, 0.2) is 0 Å². The maximum atomic E-state index is 10.5. The predicted molar refractivity (Wildman–Crippen MR) is 78.4 cm³/mol. The molecule has 0 spiro atoms. The Morgan fingerprint density at radius 2 is 2.10 bits per heavy atom. The lowest BCUT2D eigenvalue weighted by Crippen LogP contribution is -2.44. The molecule has 1 aromatic rings. The van der Waals surface area contributed by atoms with E-state index in [1.807, 2.05) is 18.2 Å². The minimum atomic E-state index is -0.925. The number of hydrogen-bond acceptors (Lipinski definition) is 3. The minimum Gasteiger partial charge on any atom is -0.478 e. The molecule has 1 fully saturated rings. The number of benzene rings is 1. The van der Waals surface area contributed by atoms with Gasteiger partial charge in [-0.3, -0.25) is 4.90 Å². The number of aliphatic carboxylic acids is 1. The number of carbonyl (C=O) groups is 1. The lowest BCUT2D eigenvalue weighted by molar-refractivity contribution is -0.131. The third-order valence-corrected chi connectivity index (χ3v) is 3.27. The lowest BCUT2D eigenvalue weighted by atomic mass is 10.1. The van der Waals surface area contributed by atoms with Crippen LogP contribution in [0.15, 0.2) is 30.3 Å². The van der Waals surface area contributed by atoms with Gasteiger partial charge in [0.2, 0.25) is 0 Å². The van der Waals surface area contributed by atoms with E-state index in [0.29, 0.717) is 0 Å². The molecule has 4 nitrogen and oxygen atoms in total. The second kappa shape index (κ2) is 6.68. The molecular weight excluding hydrogens is 254 g/mol. The van der Waals surface area contributed by atoms with Crippen LogP contribution in [0, 0.1) is 0 Å². The summed E-state index contributed by atoms with van der Waals surface area (Å²) in [4.78, 5) is 12.9. The standard InChI is InChI=1S/C16H21NO3/c1-12-9-17(10-13(2)20-12)11-15-5-3-4-14(8-15)6-7-16(18)19/h3-8,12-13H,9-11H2,1-2H3,(H,18,19)/b7-6+/t12-,13+. The molecule has 0 radical (unpaired) electrons. The second-order valence-electron chi connectivity index (χ2n) is 5.37. The van der Waals surface area contributed by atoms with Gasteiger partial charge >= 0.3 is 5.97 Å². The largest absolute Gasteiger partial charge is 0.478 e. The number of morpholine rings is 1. The first-order chi connectivity index (χ1) is 9.52.